The van der Waals surface area contributed by atoms with Crippen LogP contribution in [-0.2, 0) is 28.8 Å². The van der Waals surface area contributed by atoms with E-state index in [9.17, 15) is 33.9 Å². The van der Waals surface area contributed by atoms with Gasteiger partial charge in [0.15, 0.2) is 0 Å². The van der Waals surface area contributed by atoms with Crippen LogP contribution >= 0.6 is 0 Å². The van der Waals surface area contributed by atoms with Gasteiger partial charge in [0.25, 0.3) is 0 Å². The lowest BCUT2D eigenvalue weighted by molar-refractivity contribution is -0.133. The van der Waals surface area contributed by atoms with E-state index in [1.54, 1.807) is 0 Å². The molecule has 13 nitrogen and oxygen atoms in total. The second-order valence-electron chi connectivity index (χ2n) is 8.80. The third-order valence-electron chi connectivity index (χ3n) is 5.03. The fourth-order valence-electron chi connectivity index (χ4n) is 3.32. The van der Waals surface area contributed by atoms with Gasteiger partial charge < -0.3 is 37.4 Å². The molecule has 192 valence electrons. The largest absolute Gasteiger partial charge is 0.392 e. The smallest absolute Gasteiger partial charge is 0.243 e. The van der Waals surface area contributed by atoms with Crippen LogP contribution in [0.2, 0.25) is 0 Å². The molecular weight excluding hydrogens is 448 g/mol. The van der Waals surface area contributed by atoms with Crippen molar-refractivity contribution in [2.75, 3.05) is 19.6 Å². The molecule has 0 spiro atoms. The highest BCUT2D eigenvalue weighted by Gasteiger charge is 2.30. The summed E-state index contributed by atoms with van der Waals surface area (Å²) in [6.07, 6.45) is -0.443. The Balaban J connectivity index is 2.76. The van der Waals surface area contributed by atoms with Crippen LogP contribution in [0.4, 0.5) is 0 Å². The minimum absolute atomic E-state index is 0.0324. The number of nitrogens with one attached hydrogen (secondary N) is 5. The Bertz CT molecular complexity index is 773. The van der Waals surface area contributed by atoms with Gasteiger partial charge in [-0.2, -0.15) is 0 Å². The Morgan fingerprint density at radius 1 is 1.00 bits per heavy atom. The number of carbonyl (C=O) groups excluding carboxylic acids is 6. The molecule has 8 N–H and O–H groups in total. The summed E-state index contributed by atoms with van der Waals surface area (Å²) in [5, 5.41) is 22.2. The Morgan fingerprint density at radius 3 is 2.21 bits per heavy atom. The number of amides is 5. The van der Waals surface area contributed by atoms with E-state index in [0.717, 1.165) is 0 Å². The van der Waals surface area contributed by atoms with Crippen molar-refractivity contribution in [2.45, 2.75) is 70.7 Å². The summed E-state index contributed by atoms with van der Waals surface area (Å²) in [6.45, 7) is 4.68. The molecule has 1 aliphatic rings. The van der Waals surface area contributed by atoms with E-state index >= 15 is 0 Å². The molecule has 0 aromatic rings. The summed E-state index contributed by atoms with van der Waals surface area (Å²) in [7, 11) is 0. The first-order valence-corrected chi connectivity index (χ1v) is 11.2. The van der Waals surface area contributed by atoms with Gasteiger partial charge in [-0.15, -0.1) is 0 Å². The van der Waals surface area contributed by atoms with Crippen molar-refractivity contribution in [3.8, 4) is 0 Å². The predicted octanol–water partition coefficient (Wildman–Crippen LogP) is -3.19. The standard InChI is InChI=1S/C21H36N6O7/c1-11(2)6-16(20(33)24-8-12(3)28)27-21(34)14(4-5-17(22)30)26-18(31)10-25-19(32)15-7-13(29)9-23-15/h11,13-16,23,29H,4-10H2,1-3H3,(H2,22,30)(H,24,33)(H,25,32)(H,26,31)(H,27,34)/t13-,14-,15+,16-/m0/s1. The number of hydrogen-bond donors (Lipinski definition) is 7. The van der Waals surface area contributed by atoms with Gasteiger partial charge in [0.2, 0.25) is 29.5 Å². The molecule has 1 saturated heterocycles. The Kier molecular flexibility index (Phi) is 12.1. The number of primary amides is 1. The lowest BCUT2D eigenvalue weighted by Crippen LogP contribution is -2.55. The zero-order chi connectivity index (χ0) is 25.8. The van der Waals surface area contributed by atoms with Crippen molar-refractivity contribution in [1.29, 1.82) is 0 Å². The first-order chi connectivity index (χ1) is 15.9. The molecule has 13 heteroatoms. The van der Waals surface area contributed by atoms with E-state index < -0.39 is 60.3 Å². The zero-order valence-electron chi connectivity index (χ0n) is 19.8. The number of nitrogens with two attached hydrogens (primary N) is 1. The number of aliphatic hydroxyl groups excluding tert-OH is 1. The molecule has 0 aliphatic carbocycles. The van der Waals surface area contributed by atoms with E-state index in [1.807, 2.05) is 13.8 Å². The molecule has 0 bridgehead atoms. The number of hydrogen-bond acceptors (Lipinski definition) is 8. The summed E-state index contributed by atoms with van der Waals surface area (Å²) >= 11 is 0. The van der Waals surface area contributed by atoms with Gasteiger partial charge in [-0.05, 0) is 32.1 Å². The number of rotatable bonds is 14. The average molecular weight is 485 g/mol. The van der Waals surface area contributed by atoms with Crippen LogP contribution in [0.3, 0.4) is 0 Å². The van der Waals surface area contributed by atoms with Crippen LogP contribution < -0.4 is 32.3 Å². The molecule has 1 aliphatic heterocycles. The third-order valence-corrected chi connectivity index (χ3v) is 5.03. The van der Waals surface area contributed by atoms with Gasteiger partial charge in [0.1, 0.15) is 17.9 Å². The highest BCUT2D eigenvalue weighted by molar-refractivity contribution is 5.94. The number of carbonyl (C=O) groups is 6. The quantitative estimate of drug-likeness (QED) is 0.133. The van der Waals surface area contributed by atoms with Crippen LogP contribution in [0.25, 0.3) is 0 Å². The number of β-amino-alcohol motifs (C(OH)–C–C–N with tert-alkyl or cyclic N) is 1. The minimum atomic E-state index is -1.18. The second-order valence-corrected chi connectivity index (χ2v) is 8.80. The molecule has 0 unspecified atom stereocenters. The number of aliphatic hydroxyl groups is 1. The fraction of sp³-hybridized carbons (Fsp3) is 0.714. The Labute approximate surface area is 198 Å². The highest BCUT2D eigenvalue weighted by Crippen LogP contribution is 2.08. The van der Waals surface area contributed by atoms with Crippen molar-refractivity contribution in [3.05, 3.63) is 0 Å². The molecule has 34 heavy (non-hydrogen) atoms. The summed E-state index contributed by atoms with van der Waals surface area (Å²) in [5.74, 6) is -3.30. The molecule has 0 saturated carbocycles. The maximum absolute atomic E-state index is 12.9. The minimum Gasteiger partial charge on any atom is -0.392 e. The molecule has 1 heterocycles. The van der Waals surface area contributed by atoms with Gasteiger partial charge in [-0.1, -0.05) is 13.8 Å². The summed E-state index contributed by atoms with van der Waals surface area (Å²) in [4.78, 5) is 72.1. The van der Waals surface area contributed by atoms with Gasteiger partial charge in [0.05, 0.1) is 25.2 Å². The normalized spacial score (nSPS) is 19.1. The lowest BCUT2D eigenvalue weighted by atomic mass is 10.0. The molecule has 0 radical (unpaired) electrons. The first kappa shape index (κ1) is 29.0. The van der Waals surface area contributed by atoms with Gasteiger partial charge in [0, 0.05) is 13.0 Å². The Hall–Kier alpha value is -3.06. The molecule has 0 aromatic heterocycles. The predicted molar refractivity (Wildman–Crippen MR) is 121 cm³/mol. The van der Waals surface area contributed by atoms with E-state index in [-0.39, 0.29) is 50.5 Å². The molecular formula is C21H36N6O7. The zero-order valence-corrected chi connectivity index (χ0v) is 19.8. The van der Waals surface area contributed by atoms with Crippen molar-refractivity contribution in [3.63, 3.8) is 0 Å². The molecule has 1 rings (SSSR count). The number of Topliss-reactive ketones (excluding diaryl/α,β-unsaturated/α-hetero) is 1. The van der Waals surface area contributed by atoms with Crippen LogP contribution in [0, 0.1) is 5.92 Å². The lowest BCUT2D eigenvalue weighted by Gasteiger charge is -2.24. The van der Waals surface area contributed by atoms with E-state index in [4.69, 9.17) is 5.73 Å². The van der Waals surface area contributed by atoms with Crippen LogP contribution in [-0.4, -0.2) is 84.3 Å². The molecule has 4 atom stereocenters. The third kappa shape index (κ3) is 11.2. The van der Waals surface area contributed by atoms with Crippen molar-refractivity contribution < 1.29 is 33.9 Å². The van der Waals surface area contributed by atoms with Crippen molar-refractivity contribution in [2.24, 2.45) is 11.7 Å². The topological polar surface area (TPSA) is 209 Å². The van der Waals surface area contributed by atoms with E-state index in [1.165, 1.54) is 6.92 Å². The Morgan fingerprint density at radius 2 is 1.68 bits per heavy atom. The number of ketones is 1. The van der Waals surface area contributed by atoms with E-state index in [0.29, 0.717) is 0 Å². The highest BCUT2D eigenvalue weighted by atomic mass is 16.3. The fourth-order valence-corrected chi connectivity index (χ4v) is 3.32. The van der Waals surface area contributed by atoms with Gasteiger partial charge in [-0.3, -0.25) is 28.8 Å². The maximum atomic E-state index is 12.9. The molecule has 0 aromatic carbocycles. The second kappa shape index (κ2) is 14.3. The van der Waals surface area contributed by atoms with Crippen LogP contribution in [0.15, 0.2) is 0 Å². The van der Waals surface area contributed by atoms with Crippen LogP contribution in [0.1, 0.15) is 46.5 Å². The van der Waals surface area contributed by atoms with Crippen LogP contribution in [0.5, 0.6) is 0 Å². The van der Waals surface area contributed by atoms with Crippen molar-refractivity contribution in [1.82, 2.24) is 26.6 Å². The maximum Gasteiger partial charge on any atom is 0.243 e. The monoisotopic (exact) mass is 484 g/mol. The van der Waals surface area contributed by atoms with E-state index in [2.05, 4.69) is 26.6 Å². The first-order valence-electron chi connectivity index (χ1n) is 11.2. The summed E-state index contributed by atoms with van der Waals surface area (Å²) in [5.41, 5.74) is 5.17. The van der Waals surface area contributed by atoms with Gasteiger partial charge >= 0.3 is 0 Å². The van der Waals surface area contributed by atoms with Gasteiger partial charge in [-0.25, -0.2) is 0 Å². The van der Waals surface area contributed by atoms with Crippen molar-refractivity contribution >= 4 is 35.3 Å². The average Bonchev–Trinajstić information content (AvgIpc) is 3.18. The summed E-state index contributed by atoms with van der Waals surface area (Å²) in [6, 6.07) is -2.76. The summed E-state index contributed by atoms with van der Waals surface area (Å²) < 4.78 is 0. The molecule has 1 fully saturated rings. The SMILES string of the molecule is CC(=O)CNC(=O)[C@H](CC(C)C)NC(=O)[C@H](CCC(N)=O)NC(=O)CNC(=O)[C@H]1C[C@H](O)CN1. The molecule has 5 amide bonds.